The number of carbonyl (C=O) groups excluding carboxylic acids is 1. The van der Waals surface area contributed by atoms with Crippen molar-refractivity contribution in [3.8, 4) is 5.75 Å². The molecule has 0 amide bonds. The van der Waals surface area contributed by atoms with Crippen molar-refractivity contribution in [2.75, 3.05) is 6.61 Å². The van der Waals surface area contributed by atoms with Crippen molar-refractivity contribution >= 4 is 5.97 Å². The Hall–Kier alpha value is -1.55. The zero-order valence-corrected chi connectivity index (χ0v) is 14.6. The zero-order valence-electron chi connectivity index (χ0n) is 14.6. The van der Waals surface area contributed by atoms with Gasteiger partial charge in [0.25, 0.3) is 0 Å². The maximum absolute atomic E-state index is 12.3. The van der Waals surface area contributed by atoms with Gasteiger partial charge < -0.3 is 14.6 Å². The lowest BCUT2D eigenvalue weighted by Gasteiger charge is -2.21. The molecule has 0 aliphatic heterocycles. The molecule has 1 rings (SSSR count). The molecule has 0 fully saturated rings. The molecule has 0 saturated heterocycles. The number of unbranched alkanes of at least 4 members (excludes halogenated alkanes) is 2. The van der Waals surface area contributed by atoms with Gasteiger partial charge in [0.05, 0.1) is 12.7 Å². The Labute approximate surface area is 139 Å². The van der Waals surface area contributed by atoms with Crippen molar-refractivity contribution in [2.45, 2.75) is 71.5 Å². The summed E-state index contributed by atoms with van der Waals surface area (Å²) in [7, 11) is 0. The molecule has 1 aromatic rings. The van der Waals surface area contributed by atoms with Gasteiger partial charge in [0.2, 0.25) is 0 Å². The van der Waals surface area contributed by atoms with Gasteiger partial charge in [0.1, 0.15) is 5.75 Å². The predicted molar refractivity (Wildman–Crippen MR) is 91.5 cm³/mol. The van der Waals surface area contributed by atoms with Crippen molar-refractivity contribution in [1.82, 2.24) is 0 Å². The third-order valence-corrected chi connectivity index (χ3v) is 3.70. The molecular formula is C19H30O4. The van der Waals surface area contributed by atoms with Gasteiger partial charge in [-0.25, -0.2) is 4.79 Å². The van der Waals surface area contributed by atoms with E-state index in [0.29, 0.717) is 13.0 Å². The number of ether oxygens (including phenoxy) is 2. The van der Waals surface area contributed by atoms with Crippen LogP contribution in [0.25, 0.3) is 0 Å². The molecule has 0 aliphatic rings. The predicted octanol–water partition coefficient (Wildman–Crippen LogP) is 4.24. The van der Waals surface area contributed by atoms with Crippen LogP contribution < -0.4 is 0 Å². The highest BCUT2D eigenvalue weighted by molar-refractivity contribution is 5.75. The van der Waals surface area contributed by atoms with Crippen LogP contribution >= 0.6 is 0 Å². The van der Waals surface area contributed by atoms with Gasteiger partial charge >= 0.3 is 5.97 Å². The molecule has 0 spiro atoms. The first-order valence-electron chi connectivity index (χ1n) is 8.66. The maximum Gasteiger partial charge on any atom is 0.335 e. The number of carbonyl (C=O) groups is 1. The second kappa shape index (κ2) is 11.1. The Morgan fingerprint density at radius 3 is 2.61 bits per heavy atom. The van der Waals surface area contributed by atoms with E-state index >= 15 is 0 Å². The highest BCUT2D eigenvalue weighted by atomic mass is 16.6. The second-order valence-electron chi connectivity index (χ2n) is 5.97. The van der Waals surface area contributed by atoms with Gasteiger partial charge in [-0.1, -0.05) is 45.2 Å². The SMILES string of the molecule is CCCCOC(=O)C(Cc1cccc(O)c1)OC(C)CCCC. The van der Waals surface area contributed by atoms with E-state index in [0.717, 1.165) is 37.7 Å². The molecule has 4 heteroatoms. The van der Waals surface area contributed by atoms with Crippen molar-refractivity contribution in [3.63, 3.8) is 0 Å². The summed E-state index contributed by atoms with van der Waals surface area (Å²) in [5.41, 5.74) is 0.866. The third-order valence-electron chi connectivity index (χ3n) is 3.70. The van der Waals surface area contributed by atoms with Crippen LogP contribution in [0.4, 0.5) is 0 Å². The molecule has 1 N–H and O–H groups in total. The summed E-state index contributed by atoms with van der Waals surface area (Å²) in [5.74, 6) is -0.121. The van der Waals surface area contributed by atoms with Gasteiger partial charge in [-0.2, -0.15) is 0 Å². The molecule has 0 heterocycles. The average molecular weight is 322 g/mol. The minimum absolute atomic E-state index is 0.0102. The monoisotopic (exact) mass is 322 g/mol. The Bertz CT molecular complexity index is 458. The van der Waals surface area contributed by atoms with E-state index in [9.17, 15) is 9.90 Å². The van der Waals surface area contributed by atoms with Gasteiger partial charge in [-0.15, -0.1) is 0 Å². The lowest BCUT2D eigenvalue weighted by atomic mass is 10.1. The number of rotatable bonds is 11. The number of benzene rings is 1. The van der Waals surface area contributed by atoms with Crippen LogP contribution in [0.5, 0.6) is 5.75 Å². The van der Waals surface area contributed by atoms with E-state index in [4.69, 9.17) is 9.47 Å². The Balaban J connectivity index is 2.68. The van der Waals surface area contributed by atoms with Crippen LogP contribution in [-0.4, -0.2) is 29.9 Å². The lowest BCUT2D eigenvalue weighted by molar-refractivity contribution is -0.160. The minimum Gasteiger partial charge on any atom is -0.508 e. The summed E-state index contributed by atoms with van der Waals surface area (Å²) in [6.45, 7) is 6.61. The molecule has 0 bridgehead atoms. The Morgan fingerprint density at radius 2 is 1.96 bits per heavy atom. The van der Waals surface area contributed by atoms with Crippen LogP contribution in [0.3, 0.4) is 0 Å². The number of phenols is 1. The Morgan fingerprint density at radius 1 is 1.22 bits per heavy atom. The molecule has 23 heavy (non-hydrogen) atoms. The normalized spacial score (nSPS) is 13.5. The van der Waals surface area contributed by atoms with E-state index in [-0.39, 0.29) is 17.8 Å². The minimum atomic E-state index is -0.625. The van der Waals surface area contributed by atoms with Crippen LogP contribution in [0.1, 0.15) is 58.4 Å². The smallest absolute Gasteiger partial charge is 0.335 e. The summed E-state index contributed by atoms with van der Waals surface area (Å²) in [6.07, 6.45) is 4.74. The fourth-order valence-electron chi connectivity index (χ4n) is 2.33. The largest absolute Gasteiger partial charge is 0.508 e. The summed E-state index contributed by atoms with van der Waals surface area (Å²) >= 11 is 0. The van der Waals surface area contributed by atoms with E-state index in [1.165, 1.54) is 0 Å². The number of aromatic hydroxyl groups is 1. The molecule has 4 nitrogen and oxygen atoms in total. The van der Waals surface area contributed by atoms with Gasteiger partial charge in [0, 0.05) is 6.42 Å². The third kappa shape index (κ3) is 8.03. The maximum atomic E-state index is 12.3. The molecule has 0 saturated carbocycles. The summed E-state index contributed by atoms with van der Waals surface area (Å²) in [6, 6.07) is 6.92. The molecule has 0 aromatic heterocycles. The quantitative estimate of drug-likeness (QED) is 0.489. The van der Waals surface area contributed by atoms with E-state index in [2.05, 4.69) is 13.8 Å². The van der Waals surface area contributed by atoms with Crippen molar-refractivity contribution in [1.29, 1.82) is 0 Å². The number of hydrogen-bond acceptors (Lipinski definition) is 4. The zero-order chi connectivity index (χ0) is 17.1. The van der Waals surface area contributed by atoms with Crippen molar-refractivity contribution < 1.29 is 19.4 Å². The summed E-state index contributed by atoms with van der Waals surface area (Å²) < 4.78 is 11.3. The van der Waals surface area contributed by atoms with Crippen molar-refractivity contribution in [2.24, 2.45) is 0 Å². The first-order chi connectivity index (χ1) is 11.1. The molecule has 0 aliphatic carbocycles. The molecule has 1 aromatic carbocycles. The summed E-state index contributed by atoms with van der Waals surface area (Å²) in [4.78, 5) is 12.3. The molecule has 0 radical (unpaired) electrons. The van der Waals surface area contributed by atoms with Gasteiger partial charge in [-0.3, -0.25) is 0 Å². The molecular weight excluding hydrogens is 292 g/mol. The van der Waals surface area contributed by atoms with Crippen LogP contribution in [0.2, 0.25) is 0 Å². The van der Waals surface area contributed by atoms with Crippen LogP contribution in [0.15, 0.2) is 24.3 Å². The first kappa shape index (κ1) is 19.5. The molecule has 2 atom stereocenters. The second-order valence-corrected chi connectivity index (χ2v) is 5.97. The standard InChI is InChI=1S/C19H30O4/c1-4-6-9-15(3)23-18(19(21)22-12-7-5-2)14-16-10-8-11-17(20)13-16/h8,10-11,13,15,18,20H,4-7,9,12,14H2,1-3H3. The van der Waals surface area contributed by atoms with E-state index < -0.39 is 6.10 Å². The fourth-order valence-corrected chi connectivity index (χ4v) is 2.33. The number of phenolic OH excluding ortho intramolecular Hbond substituents is 1. The first-order valence-corrected chi connectivity index (χ1v) is 8.66. The molecule has 2 unspecified atom stereocenters. The highest BCUT2D eigenvalue weighted by Gasteiger charge is 2.23. The van der Waals surface area contributed by atoms with Gasteiger partial charge in [0.15, 0.2) is 6.10 Å². The Kier molecular flexibility index (Phi) is 9.37. The average Bonchev–Trinajstić information content (AvgIpc) is 2.52. The topological polar surface area (TPSA) is 55.8 Å². The lowest BCUT2D eigenvalue weighted by Crippen LogP contribution is -2.32. The van der Waals surface area contributed by atoms with E-state index in [1.54, 1.807) is 18.2 Å². The fraction of sp³-hybridized carbons (Fsp3) is 0.632. The van der Waals surface area contributed by atoms with E-state index in [1.807, 2.05) is 13.0 Å². The summed E-state index contributed by atoms with van der Waals surface area (Å²) in [5, 5.41) is 9.58. The van der Waals surface area contributed by atoms with Crippen molar-refractivity contribution in [3.05, 3.63) is 29.8 Å². The number of hydrogen-bond donors (Lipinski definition) is 1. The molecule has 130 valence electrons. The highest BCUT2D eigenvalue weighted by Crippen LogP contribution is 2.17. The number of esters is 1. The van der Waals surface area contributed by atoms with Crippen LogP contribution in [-0.2, 0) is 20.7 Å². The van der Waals surface area contributed by atoms with Gasteiger partial charge in [-0.05, 0) is 37.5 Å². The van der Waals surface area contributed by atoms with Crippen LogP contribution in [0, 0.1) is 0 Å².